The number of nitrogens with one attached hydrogen (secondary N) is 4. The van der Waals surface area contributed by atoms with E-state index in [0.717, 1.165) is 16.7 Å². The largest absolute Gasteiger partial charge is 0.489 e. The first kappa shape index (κ1) is 39.0. The normalized spacial score (nSPS) is 16.6. The predicted molar refractivity (Wildman–Crippen MR) is 199 cm³/mol. The van der Waals surface area contributed by atoms with Gasteiger partial charge in [-0.2, -0.15) is 0 Å². The molecule has 1 aromatic heterocycles. The molecule has 1 heterocycles. The van der Waals surface area contributed by atoms with E-state index in [9.17, 15) is 24.3 Å². The van der Waals surface area contributed by atoms with Crippen molar-refractivity contribution in [3.05, 3.63) is 150 Å². The first-order valence-corrected chi connectivity index (χ1v) is 17.6. The van der Waals surface area contributed by atoms with Gasteiger partial charge in [0.1, 0.15) is 31.1 Å². The zero-order valence-electron chi connectivity index (χ0n) is 30.0. The molecule has 0 aliphatic heterocycles. The number of H-pyrrole nitrogens is 1. The number of benzene rings is 3. The molecule has 4 atom stereocenters. The molecular formula is C41H45N5O8. The number of hydrogen-bond acceptors (Lipinski definition) is 8. The lowest BCUT2D eigenvalue weighted by atomic mass is 9.77. The Morgan fingerprint density at radius 2 is 1.39 bits per heavy atom. The van der Waals surface area contributed by atoms with Crippen LogP contribution in [0.5, 0.6) is 0 Å². The number of alkyl carbamates (subject to hydrolysis) is 1. The molecule has 13 heteroatoms. The van der Waals surface area contributed by atoms with Gasteiger partial charge in [0.25, 0.3) is 0 Å². The van der Waals surface area contributed by atoms with E-state index in [1.807, 2.05) is 104 Å². The van der Waals surface area contributed by atoms with Gasteiger partial charge in [-0.25, -0.2) is 14.6 Å². The van der Waals surface area contributed by atoms with Gasteiger partial charge in [-0.15, -0.1) is 0 Å². The van der Waals surface area contributed by atoms with Crippen molar-refractivity contribution in [3.63, 3.8) is 0 Å². The lowest BCUT2D eigenvalue weighted by Gasteiger charge is -2.33. The SMILES string of the molecule is CC1(C[C@H](NC(=O)[C@@H](Cc2cnc[nH]2)NC(=O)OCc2ccccc2)C(=O)N[C@@H](COCc2ccccc2)C(=O)O)C=CC(OCc2ccccc2)=CC1. The summed E-state index contributed by atoms with van der Waals surface area (Å²) in [4.78, 5) is 60.0. The van der Waals surface area contributed by atoms with E-state index >= 15 is 0 Å². The average molecular weight is 736 g/mol. The van der Waals surface area contributed by atoms with Gasteiger partial charge in [0.15, 0.2) is 6.04 Å². The van der Waals surface area contributed by atoms with Gasteiger partial charge in [0.05, 0.1) is 19.5 Å². The molecule has 0 radical (unpaired) electrons. The zero-order valence-corrected chi connectivity index (χ0v) is 30.0. The second kappa shape index (κ2) is 19.6. The van der Waals surface area contributed by atoms with Gasteiger partial charge in [-0.3, -0.25) is 9.59 Å². The summed E-state index contributed by atoms with van der Waals surface area (Å²) in [5.41, 5.74) is 2.53. The number of rotatable bonds is 19. The van der Waals surface area contributed by atoms with Crippen LogP contribution in [0.15, 0.2) is 128 Å². The minimum absolute atomic E-state index is 0.00765. The number of carboxylic acid groups (broad SMARTS) is 1. The van der Waals surface area contributed by atoms with E-state index in [1.165, 1.54) is 12.5 Å². The Balaban J connectivity index is 1.29. The quantitative estimate of drug-likeness (QED) is 0.0888. The number of nitrogens with zero attached hydrogens (tertiary/aromatic N) is 1. The number of aromatic amines is 1. The summed E-state index contributed by atoms with van der Waals surface area (Å²) in [5, 5.41) is 18.0. The van der Waals surface area contributed by atoms with Crippen molar-refractivity contribution in [2.75, 3.05) is 6.61 Å². The fraction of sp³-hybridized carbons (Fsp3) is 0.293. The van der Waals surface area contributed by atoms with Crippen molar-refractivity contribution in [2.45, 2.75) is 64.1 Å². The predicted octanol–water partition coefficient (Wildman–Crippen LogP) is 4.98. The zero-order chi connectivity index (χ0) is 38.2. The second-order valence-electron chi connectivity index (χ2n) is 13.3. The maximum absolute atomic E-state index is 14.0. The molecule has 0 saturated heterocycles. The van der Waals surface area contributed by atoms with E-state index in [0.29, 0.717) is 24.5 Å². The van der Waals surface area contributed by atoms with Crippen LogP contribution in [-0.2, 0) is 54.8 Å². The van der Waals surface area contributed by atoms with Crippen LogP contribution in [0.25, 0.3) is 0 Å². The number of imidazole rings is 1. The van der Waals surface area contributed by atoms with Gasteiger partial charge in [-0.1, -0.05) is 104 Å². The monoisotopic (exact) mass is 735 g/mol. The number of hydrogen-bond donors (Lipinski definition) is 5. The number of allylic oxidation sites excluding steroid dienone is 3. The molecule has 282 valence electrons. The van der Waals surface area contributed by atoms with Crippen molar-refractivity contribution >= 4 is 23.9 Å². The Bertz CT molecular complexity index is 1870. The number of aromatic nitrogens is 2. The molecule has 5 rings (SSSR count). The van der Waals surface area contributed by atoms with Crippen LogP contribution in [0.4, 0.5) is 4.79 Å². The number of carbonyl (C=O) groups excluding carboxylic acids is 3. The summed E-state index contributed by atoms with van der Waals surface area (Å²) in [6, 6.07) is 24.3. The van der Waals surface area contributed by atoms with Gasteiger partial charge < -0.3 is 40.3 Å². The molecule has 3 amide bonds. The molecule has 1 unspecified atom stereocenters. The minimum Gasteiger partial charge on any atom is -0.489 e. The van der Waals surface area contributed by atoms with Crippen LogP contribution in [-0.4, -0.2) is 63.7 Å². The van der Waals surface area contributed by atoms with E-state index < -0.39 is 47.4 Å². The molecule has 1 aliphatic carbocycles. The summed E-state index contributed by atoms with van der Waals surface area (Å²) in [7, 11) is 0. The van der Waals surface area contributed by atoms with Crippen LogP contribution < -0.4 is 16.0 Å². The van der Waals surface area contributed by atoms with E-state index in [-0.39, 0.29) is 32.7 Å². The third-order valence-corrected chi connectivity index (χ3v) is 8.78. The molecule has 4 aromatic rings. The molecule has 5 N–H and O–H groups in total. The Hall–Kier alpha value is -6.21. The fourth-order valence-corrected chi connectivity index (χ4v) is 5.75. The highest BCUT2D eigenvalue weighted by atomic mass is 16.5. The van der Waals surface area contributed by atoms with Crippen LogP contribution >= 0.6 is 0 Å². The van der Waals surface area contributed by atoms with Gasteiger partial charge in [-0.05, 0) is 47.1 Å². The van der Waals surface area contributed by atoms with Crippen molar-refractivity contribution in [1.29, 1.82) is 0 Å². The average Bonchev–Trinajstić information content (AvgIpc) is 3.70. The molecule has 54 heavy (non-hydrogen) atoms. The first-order valence-electron chi connectivity index (χ1n) is 17.6. The smallest absolute Gasteiger partial charge is 0.408 e. The molecule has 3 aromatic carbocycles. The third-order valence-electron chi connectivity index (χ3n) is 8.78. The number of carbonyl (C=O) groups is 4. The third kappa shape index (κ3) is 12.5. The van der Waals surface area contributed by atoms with Crippen molar-refractivity contribution in [2.24, 2.45) is 5.41 Å². The lowest BCUT2D eigenvalue weighted by molar-refractivity contribution is -0.144. The molecule has 13 nitrogen and oxygen atoms in total. The number of amides is 3. The second-order valence-corrected chi connectivity index (χ2v) is 13.3. The number of ether oxygens (including phenoxy) is 3. The van der Waals surface area contributed by atoms with Crippen LogP contribution in [0.1, 0.15) is 42.1 Å². The van der Waals surface area contributed by atoms with Gasteiger partial charge in [0, 0.05) is 18.3 Å². The lowest BCUT2D eigenvalue weighted by Crippen LogP contribution is -2.57. The standard InChI is InChI=1S/C41H45N5O8/c1-41(19-17-33(18-20-41)53-25-30-13-7-3-8-14-30)22-35(38(48)45-36(39(49)50)27-52-24-29-11-5-2-6-12-29)44-37(47)34(21-32-23-42-28-43-32)46-40(51)54-26-31-15-9-4-10-16-31/h2-19,23,28,34-36H,20-22,24-27H2,1H3,(H,42,43)(H,44,47)(H,45,48)(H,46,51)(H,49,50)/t34-,35+,36+,41?/m1/s1. The highest BCUT2D eigenvalue weighted by Crippen LogP contribution is 2.35. The molecule has 0 bridgehead atoms. The summed E-state index contributed by atoms with van der Waals surface area (Å²) in [6.45, 7) is 2.13. The first-order chi connectivity index (χ1) is 26.2. The Morgan fingerprint density at radius 3 is 1.96 bits per heavy atom. The summed E-state index contributed by atoms with van der Waals surface area (Å²) < 4.78 is 17.0. The Morgan fingerprint density at radius 1 is 0.796 bits per heavy atom. The summed E-state index contributed by atoms with van der Waals surface area (Å²) in [5.74, 6) is -2.04. The highest BCUT2D eigenvalue weighted by molar-refractivity contribution is 5.93. The Kier molecular flexibility index (Phi) is 14.1. The van der Waals surface area contributed by atoms with E-state index in [2.05, 4.69) is 25.9 Å². The van der Waals surface area contributed by atoms with E-state index in [1.54, 1.807) is 12.1 Å². The van der Waals surface area contributed by atoms with Crippen LogP contribution in [0.2, 0.25) is 0 Å². The number of aliphatic carboxylic acids is 1. The topological polar surface area (TPSA) is 181 Å². The Labute approximate surface area is 313 Å². The van der Waals surface area contributed by atoms with Gasteiger partial charge >= 0.3 is 12.1 Å². The maximum atomic E-state index is 14.0. The van der Waals surface area contributed by atoms with E-state index in [4.69, 9.17) is 14.2 Å². The number of carboxylic acids is 1. The van der Waals surface area contributed by atoms with Crippen LogP contribution in [0.3, 0.4) is 0 Å². The molecule has 0 spiro atoms. The molecule has 0 fully saturated rings. The fourth-order valence-electron chi connectivity index (χ4n) is 5.75. The maximum Gasteiger partial charge on any atom is 0.408 e. The van der Waals surface area contributed by atoms with Crippen molar-refractivity contribution in [1.82, 2.24) is 25.9 Å². The molecule has 1 aliphatic rings. The van der Waals surface area contributed by atoms with Crippen molar-refractivity contribution < 1.29 is 38.5 Å². The molecular weight excluding hydrogens is 690 g/mol. The summed E-state index contributed by atoms with van der Waals surface area (Å²) in [6.07, 6.45) is 8.36. The van der Waals surface area contributed by atoms with Crippen LogP contribution in [0, 0.1) is 5.41 Å². The van der Waals surface area contributed by atoms with Gasteiger partial charge in [0.2, 0.25) is 11.8 Å². The highest BCUT2D eigenvalue weighted by Gasteiger charge is 2.35. The minimum atomic E-state index is -1.40. The van der Waals surface area contributed by atoms with Crippen molar-refractivity contribution in [3.8, 4) is 0 Å². The molecule has 0 saturated carbocycles. The summed E-state index contributed by atoms with van der Waals surface area (Å²) >= 11 is 0.